The van der Waals surface area contributed by atoms with Crippen LogP contribution in [0.5, 0.6) is 0 Å². The number of carbonyl (C=O) groups excluding carboxylic acids is 3. The van der Waals surface area contributed by atoms with E-state index in [2.05, 4.69) is 124 Å². The van der Waals surface area contributed by atoms with E-state index in [4.69, 9.17) is 33.7 Å². The molecule has 87 heavy (non-hydrogen) atoms. The van der Waals surface area contributed by atoms with Gasteiger partial charge in [0.1, 0.15) is 44.3 Å². The summed E-state index contributed by atoms with van der Waals surface area (Å²) in [5.41, 5.74) is 4.12. The lowest BCUT2D eigenvalue weighted by atomic mass is 9.83. The van der Waals surface area contributed by atoms with E-state index >= 15 is 0 Å². The van der Waals surface area contributed by atoms with Crippen molar-refractivity contribution < 1.29 is 65.2 Å². The number of esters is 2. The van der Waals surface area contributed by atoms with Crippen LogP contribution < -0.4 is 9.80 Å². The van der Waals surface area contributed by atoms with Crippen molar-refractivity contribution in [1.82, 2.24) is 29.2 Å². The maximum atomic E-state index is 14.5. The Morgan fingerprint density at radius 1 is 0.586 bits per heavy atom. The summed E-state index contributed by atoms with van der Waals surface area (Å²) in [5.74, 6) is -2.53. The molecule has 4 heterocycles. The second-order valence-corrected chi connectivity index (χ2v) is 51.5. The minimum atomic E-state index is -4.04. The maximum Gasteiger partial charge on any atom is 0.376 e. The largest absolute Gasteiger partial charge is 0.463 e. The average molecular weight is 1310 g/mol. The first-order valence-electron chi connectivity index (χ1n) is 31.2. The summed E-state index contributed by atoms with van der Waals surface area (Å²) in [5, 5.41) is 9.07. The Bertz CT molecular complexity index is 2770. The van der Waals surface area contributed by atoms with Crippen LogP contribution in [0.4, 0.5) is 20.4 Å². The van der Waals surface area contributed by atoms with Gasteiger partial charge in [0.05, 0.1) is 38.8 Å². The number of rotatable bonds is 33. The van der Waals surface area contributed by atoms with Gasteiger partial charge < -0.3 is 47.3 Å². The third-order valence-corrected chi connectivity index (χ3v) is 23.3. The molecular weight excluding hydrogens is 1210 g/mol. The Morgan fingerprint density at radius 3 is 1.28 bits per heavy atom. The molecule has 2 saturated carbocycles. The Hall–Kier alpha value is -4.09. The van der Waals surface area contributed by atoms with Gasteiger partial charge in [-0.05, 0) is 96.0 Å². The zero-order chi connectivity index (χ0) is 64.6. The fourth-order valence-corrected chi connectivity index (χ4v) is 13.6. The van der Waals surface area contributed by atoms with Gasteiger partial charge in [0.2, 0.25) is 5.83 Å². The predicted octanol–water partition coefficient (Wildman–Crippen LogP) is 14.1. The molecule has 0 amide bonds. The van der Waals surface area contributed by atoms with Crippen LogP contribution in [0.25, 0.3) is 11.3 Å². The van der Waals surface area contributed by atoms with Crippen LogP contribution in [-0.4, -0.2) is 165 Å². The fourth-order valence-electron chi connectivity index (χ4n) is 9.18. The summed E-state index contributed by atoms with van der Waals surface area (Å²) in [4.78, 5) is 48.6. The number of anilines is 2. The van der Waals surface area contributed by atoms with Gasteiger partial charge >= 0.3 is 19.5 Å². The summed E-state index contributed by atoms with van der Waals surface area (Å²) in [6.45, 7) is 39.4. The lowest BCUT2D eigenvalue weighted by Gasteiger charge is -2.28. The van der Waals surface area contributed by atoms with Crippen LogP contribution in [0.2, 0.25) is 103 Å². The van der Waals surface area contributed by atoms with Crippen molar-refractivity contribution in [2.75, 3.05) is 89.6 Å². The molecule has 1 unspecified atom stereocenters. The highest BCUT2D eigenvalue weighted by molar-refractivity contribution is 7.55. The molecule has 0 aliphatic heterocycles. The third kappa shape index (κ3) is 26.7. The first kappa shape index (κ1) is 75.4. The Morgan fingerprint density at radius 2 is 0.943 bits per heavy atom. The molecule has 492 valence electrons. The van der Waals surface area contributed by atoms with Gasteiger partial charge in [0.25, 0.3) is 5.91 Å². The minimum absolute atomic E-state index is 0.00287. The zero-order valence-corrected chi connectivity index (χ0v) is 60.2. The summed E-state index contributed by atoms with van der Waals surface area (Å²) >= 11 is 0. The number of hydrogen-bond donors (Lipinski definition) is 0. The molecule has 0 N–H and O–H groups in total. The predicted molar refractivity (Wildman–Crippen MR) is 351 cm³/mol. The molecule has 0 radical (unpaired) electrons. The lowest BCUT2D eigenvalue weighted by molar-refractivity contribution is -0.146. The highest BCUT2D eigenvalue weighted by Gasteiger charge is 2.43. The van der Waals surface area contributed by atoms with E-state index < -0.39 is 63.6 Å². The summed E-state index contributed by atoms with van der Waals surface area (Å²) in [7, 11) is -8.77. The number of carbonyl (C=O) groups is 3. The van der Waals surface area contributed by atoms with Crippen molar-refractivity contribution in [3.05, 3.63) is 59.4 Å². The zero-order valence-electron chi connectivity index (χ0n) is 55.3. The molecule has 2 fully saturated rings. The number of aromatic nitrogens is 6. The number of ketones is 1. The topological polar surface area (TPSA) is 209 Å². The standard InChI is InChI=1S/C28H47FN4O4Si2.C24H42N4O3Si2.C8H16FO5P/c1-8-37-28(34)27(29)23-11-9-22(10-12-23)24-19-26(33-25(31-24)13-14-30-33)32(20-35-15-17-38(2,3)4)21-36-16-18-39(5,6)7;1-32(2,3)15-13-30-18-27(19-31-14-16-33(4,5)6)24-17-22(20-7-9-21(29)10-8-20)26-23-11-12-25-28(23)24;1-4-12-8(10)7(9)15(11,13-5-2)14-6-3/h13-14,19,22H,8-12,15-18,20-21H2,1-7H3;11-12,17,20H,7-10,13-16,18-19H2,1-6H3;7H,4-6H2,1-3H3. The van der Waals surface area contributed by atoms with Crippen molar-refractivity contribution in [2.45, 2.75) is 200 Å². The van der Waals surface area contributed by atoms with E-state index in [1.54, 1.807) is 19.3 Å². The van der Waals surface area contributed by atoms with E-state index in [0.717, 1.165) is 97.4 Å². The van der Waals surface area contributed by atoms with Gasteiger partial charge in [-0.15, -0.1) is 0 Å². The molecule has 27 heteroatoms. The van der Waals surface area contributed by atoms with E-state index in [9.17, 15) is 27.7 Å². The highest BCUT2D eigenvalue weighted by atomic mass is 31.2. The second kappa shape index (κ2) is 36.1. The molecule has 0 saturated heterocycles. The maximum absolute atomic E-state index is 14.5. The molecule has 2 aliphatic rings. The van der Waals surface area contributed by atoms with Gasteiger partial charge in [-0.1, -0.05) is 78.6 Å². The number of nitrogens with zero attached hydrogens (tertiary/aromatic N) is 8. The van der Waals surface area contributed by atoms with Crippen LogP contribution >= 0.6 is 7.60 Å². The normalized spacial score (nSPS) is 15.8. The Labute approximate surface area is 521 Å². The number of alkyl halides is 1. The van der Waals surface area contributed by atoms with Gasteiger partial charge in [-0.25, -0.2) is 23.9 Å². The SMILES string of the molecule is CCOC(=O)C(F)=C1CCC(c2cc(N(COCC[Si](C)(C)C)COCC[Si](C)(C)C)n3nccc3n2)CC1.CCOC(=O)C(F)P(=O)(OCC)OCC.C[Si](C)(C)CCOCN(COCC[Si](C)(C)C)c1cc(C2CCC(=O)CC2)nc2ccnn12. The number of fused-ring (bicyclic) bond motifs is 2. The lowest BCUT2D eigenvalue weighted by Crippen LogP contribution is -2.33. The number of ether oxygens (including phenoxy) is 6. The molecule has 0 spiro atoms. The van der Waals surface area contributed by atoms with Gasteiger partial charge in [0, 0.05) is 119 Å². The van der Waals surface area contributed by atoms with Crippen LogP contribution in [0.15, 0.2) is 48.1 Å². The number of allylic oxidation sites excluding steroid dienone is 1. The molecule has 20 nitrogen and oxygen atoms in total. The van der Waals surface area contributed by atoms with Crippen molar-refractivity contribution in [2.24, 2.45) is 0 Å². The monoisotopic (exact) mass is 1310 g/mol. The number of hydrogen-bond acceptors (Lipinski definition) is 18. The van der Waals surface area contributed by atoms with Crippen molar-refractivity contribution in [3.8, 4) is 0 Å². The van der Waals surface area contributed by atoms with Crippen LogP contribution in [0.1, 0.15) is 102 Å². The van der Waals surface area contributed by atoms with Gasteiger partial charge in [-0.3, -0.25) is 9.36 Å². The Kier molecular flexibility index (Phi) is 31.3. The molecule has 4 aromatic rings. The van der Waals surface area contributed by atoms with Gasteiger partial charge in [0.15, 0.2) is 11.3 Å². The smallest absolute Gasteiger partial charge is 0.376 e. The summed E-state index contributed by atoms with van der Waals surface area (Å²) < 4.78 is 86.5. The second-order valence-electron chi connectivity index (χ2n) is 26.9. The highest BCUT2D eigenvalue weighted by Crippen LogP contribution is 2.54. The van der Waals surface area contributed by atoms with Crippen molar-refractivity contribution in [3.63, 3.8) is 0 Å². The number of halogens is 2. The minimum Gasteiger partial charge on any atom is -0.463 e. The molecule has 0 bridgehead atoms. The first-order chi connectivity index (χ1) is 40.9. The van der Waals surface area contributed by atoms with E-state index in [1.807, 2.05) is 21.2 Å². The van der Waals surface area contributed by atoms with Crippen molar-refractivity contribution >= 4 is 80.5 Å². The van der Waals surface area contributed by atoms with Gasteiger partial charge in [-0.2, -0.15) is 23.6 Å². The molecule has 1 atom stereocenters. The number of Topliss-reactive ketones (excluding diaryl/α,β-unsaturated/α-hetero) is 1. The van der Waals surface area contributed by atoms with Crippen molar-refractivity contribution in [1.29, 1.82) is 0 Å². The first-order valence-corrected chi connectivity index (χ1v) is 47.6. The molecule has 6 rings (SSSR count). The quantitative estimate of drug-likeness (QED) is 0.0108. The van der Waals surface area contributed by atoms with E-state index in [0.29, 0.717) is 83.1 Å². The van der Waals surface area contributed by atoms with E-state index in [1.165, 1.54) is 20.8 Å². The van der Waals surface area contributed by atoms with Crippen LogP contribution in [0, 0.1) is 0 Å². The Balaban J connectivity index is 0.000000305. The van der Waals surface area contributed by atoms with Crippen LogP contribution in [-0.2, 0) is 56.4 Å². The van der Waals surface area contributed by atoms with E-state index in [-0.39, 0.29) is 32.3 Å². The van der Waals surface area contributed by atoms with Crippen LogP contribution in [0.3, 0.4) is 0 Å². The average Bonchev–Trinajstić information content (AvgIpc) is 1.96. The summed E-state index contributed by atoms with van der Waals surface area (Å²) in [6.07, 6.45) is 9.05. The fraction of sp³-hybridized carbons (Fsp3) is 0.717. The third-order valence-electron chi connectivity index (χ3n) is 14.5. The molecule has 4 aromatic heterocycles. The molecule has 2 aliphatic carbocycles. The molecular formula is C60H105F2N8O12PSi4. The summed E-state index contributed by atoms with van der Waals surface area (Å²) in [6, 6.07) is 12.5. The molecule has 0 aromatic carbocycles.